The molecule has 2 unspecified atom stereocenters. The minimum absolute atomic E-state index is 0. The van der Waals surface area contributed by atoms with Crippen LogP contribution in [0.2, 0.25) is 0 Å². The van der Waals surface area contributed by atoms with Crippen LogP contribution in [0, 0.1) is 0 Å². The highest BCUT2D eigenvalue weighted by molar-refractivity contribution is 4.62. The first-order chi connectivity index (χ1) is 9.88. The van der Waals surface area contributed by atoms with Gasteiger partial charge in [-0.3, -0.25) is 0 Å². The van der Waals surface area contributed by atoms with Crippen molar-refractivity contribution >= 4 is 0 Å². The van der Waals surface area contributed by atoms with E-state index in [1.54, 1.807) is 0 Å². The Morgan fingerprint density at radius 1 is 0.762 bits per heavy atom. The highest BCUT2D eigenvalue weighted by Crippen LogP contribution is 2.10. The van der Waals surface area contributed by atoms with Crippen molar-refractivity contribution in [3.05, 3.63) is 0 Å². The molecule has 128 valence electrons. The van der Waals surface area contributed by atoms with Gasteiger partial charge in [-0.15, -0.1) is 0 Å². The minimum Gasteiger partial charge on any atom is -1.00 e. The Balaban J connectivity index is 0.00000400. The summed E-state index contributed by atoms with van der Waals surface area (Å²) in [4.78, 5) is 1.95. The number of hydrogen-bond acceptors (Lipinski definition) is 0. The number of halogens is 1. The summed E-state index contributed by atoms with van der Waals surface area (Å²) in [6.07, 6.45) is 20.5. The van der Waals surface area contributed by atoms with Gasteiger partial charge in [0.05, 0.1) is 19.1 Å². The molecule has 1 fully saturated rings. The lowest BCUT2D eigenvalue weighted by Crippen LogP contribution is -3.13. The Kier molecular flexibility index (Phi) is 15.3. The van der Waals surface area contributed by atoms with Crippen molar-refractivity contribution in [2.45, 2.75) is 110 Å². The van der Waals surface area contributed by atoms with Gasteiger partial charge in [0.15, 0.2) is 0 Å². The van der Waals surface area contributed by atoms with E-state index in [9.17, 15) is 0 Å². The molecule has 0 bridgehead atoms. The molecule has 0 aromatic rings. The van der Waals surface area contributed by atoms with Crippen LogP contribution in [0.1, 0.15) is 104 Å². The van der Waals surface area contributed by atoms with E-state index in [1.165, 1.54) is 103 Å². The molecule has 0 saturated carbocycles. The molecule has 1 heterocycles. The fourth-order valence-corrected chi connectivity index (χ4v) is 3.77. The Hall–Kier alpha value is 0.250. The molecular formula is C19H40ClN. The van der Waals surface area contributed by atoms with Crippen molar-refractivity contribution in [2.24, 2.45) is 0 Å². The largest absolute Gasteiger partial charge is 1.00 e. The monoisotopic (exact) mass is 317 g/mol. The predicted molar refractivity (Wildman–Crippen MR) is 90.5 cm³/mol. The fraction of sp³-hybridized carbons (Fsp3) is 1.00. The maximum absolute atomic E-state index is 2.33. The molecule has 2 heteroatoms. The molecule has 1 rings (SSSR count). The Morgan fingerprint density at radius 3 is 1.95 bits per heavy atom. The number of unbranched alkanes of at least 4 members (excludes halogenated alkanes) is 9. The summed E-state index contributed by atoms with van der Waals surface area (Å²) < 4.78 is 0. The highest BCUT2D eigenvalue weighted by Gasteiger charge is 2.26. The van der Waals surface area contributed by atoms with E-state index in [4.69, 9.17) is 0 Å². The van der Waals surface area contributed by atoms with Crippen molar-refractivity contribution in [3.8, 4) is 0 Å². The van der Waals surface area contributed by atoms with Gasteiger partial charge in [0.2, 0.25) is 0 Å². The second-order valence-electron chi connectivity index (χ2n) is 6.97. The van der Waals surface area contributed by atoms with E-state index in [0.29, 0.717) is 0 Å². The maximum atomic E-state index is 2.33. The molecule has 0 radical (unpaired) electrons. The molecule has 1 nitrogen and oxygen atoms in total. The summed E-state index contributed by atoms with van der Waals surface area (Å²) in [7, 11) is 0. The van der Waals surface area contributed by atoms with Gasteiger partial charge in [-0.05, 0) is 25.7 Å². The van der Waals surface area contributed by atoms with Crippen LogP contribution in [-0.2, 0) is 0 Å². The predicted octanol–water partition coefficient (Wildman–Crippen LogP) is 1.76. The van der Waals surface area contributed by atoms with Gasteiger partial charge in [-0.1, -0.05) is 65.2 Å². The van der Waals surface area contributed by atoms with Crippen LogP contribution in [0.15, 0.2) is 0 Å². The summed E-state index contributed by atoms with van der Waals surface area (Å²) >= 11 is 0. The summed E-state index contributed by atoms with van der Waals surface area (Å²) in [6.45, 7) is 7.55. The summed E-state index contributed by atoms with van der Waals surface area (Å²) in [5.74, 6) is 0. The lowest BCUT2D eigenvalue weighted by Gasteiger charge is -2.21. The molecule has 0 aliphatic carbocycles. The summed E-state index contributed by atoms with van der Waals surface area (Å²) in [6, 6.07) is 1.02. The second kappa shape index (κ2) is 15.2. The molecule has 0 spiro atoms. The molecule has 21 heavy (non-hydrogen) atoms. The first-order valence-corrected chi connectivity index (χ1v) is 9.73. The molecule has 1 N–H and O–H groups in total. The zero-order chi connectivity index (χ0) is 14.5. The van der Waals surface area contributed by atoms with Crippen molar-refractivity contribution in [3.63, 3.8) is 0 Å². The van der Waals surface area contributed by atoms with Gasteiger partial charge in [-0.25, -0.2) is 0 Å². The van der Waals surface area contributed by atoms with Gasteiger partial charge in [-0.2, -0.15) is 0 Å². The molecule has 0 amide bonds. The molecule has 0 aromatic carbocycles. The fourth-order valence-electron chi connectivity index (χ4n) is 3.77. The minimum atomic E-state index is 0. The second-order valence-corrected chi connectivity index (χ2v) is 6.97. The van der Waals surface area contributed by atoms with Crippen molar-refractivity contribution < 1.29 is 17.3 Å². The van der Waals surface area contributed by atoms with Crippen molar-refractivity contribution in [1.29, 1.82) is 0 Å². The van der Waals surface area contributed by atoms with Crippen LogP contribution < -0.4 is 17.3 Å². The number of quaternary nitrogens is 1. The van der Waals surface area contributed by atoms with Crippen LogP contribution >= 0.6 is 0 Å². The van der Waals surface area contributed by atoms with E-state index in [0.717, 1.165) is 6.04 Å². The van der Waals surface area contributed by atoms with Crippen LogP contribution in [-0.4, -0.2) is 19.1 Å². The van der Waals surface area contributed by atoms with Crippen LogP contribution in [0.3, 0.4) is 0 Å². The van der Waals surface area contributed by atoms with Crippen molar-refractivity contribution in [1.82, 2.24) is 0 Å². The SMILES string of the molecule is CCCCCCCCCCC[NH+]1CCCC1CCCC.[Cl-]. The molecule has 0 aromatic heterocycles. The Labute approximate surface area is 140 Å². The first-order valence-electron chi connectivity index (χ1n) is 9.73. The lowest BCUT2D eigenvalue weighted by molar-refractivity contribution is -0.912. The third-order valence-electron chi connectivity index (χ3n) is 5.14. The van der Waals surface area contributed by atoms with Gasteiger partial charge in [0.1, 0.15) is 0 Å². The summed E-state index contributed by atoms with van der Waals surface area (Å²) in [5.41, 5.74) is 0. The highest BCUT2D eigenvalue weighted by atomic mass is 35.5. The number of likely N-dealkylation sites (tertiary alicyclic amines) is 1. The van der Waals surface area contributed by atoms with Gasteiger partial charge < -0.3 is 17.3 Å². The summed E-state index contributed by atoms with van der Waals surface area (Å²) in [5, 5.41) is 0. The number of rotatable bonds is 13. The zero-order valence-corrected chi connectivity index (χ0v) is 15.5. The molecule has 2 atom stereocenters. The first kappa shape index (κ1) is 21.2. The molecular weight excluding hydrogens is 278 g/mol. The van der Waals surface area contributed by atoms with E-state index >= 15 is 0 Å². The van der Waals surface area contributed by atoms with E-state index in [-0.39, 0.29) is 12.4 Å². The van der Waals surface area contributed by atoms with Crippen LogP contribution in [0.5, 0.6) is 0 Å². The average Bonchev–Trinajstić information content (AvgIpc) is 2.91. The standard InChI is InChI=1S/C19H39N.ClH/c1-3-5-7-8-9-10-11-12-13-17-20-18-14-16-19(20)15-6-4-2;/h19H,3-18H2,1-2H3;1H. The topological polar surface area (TPSA) is 4.44 Å². The van der Waals surface area contributed by atoms with E-state index < -0.39 is 0 Å². The van der Waals surface area contributed by atoms with Gasteiger partial charge in [0, 0.05) is 12.8 Å². The lowest BCUT2D eigenvalue weighted by atomic mass is 10.1. The van der Waals surface area contributed by atoms with E-state index in [2.05, 4.69) is 13.8 Å². The smallest absolute Gasteiger partial charge is 0.0876 e. The third-order valence-corrected chi connectivity index (χ3v) is 5.14. The average molecular weight is 318 g/mol. The van der Waals surface area contributed by atoms with Gasteiger partial charge in [0.25, 0.3) is 0 Å². The third kappa shape index (κ3) is 10.6. The normalized spacial score (nSPS) is 21.4. The van der Waals surface area contributed by atoms with Gasteiger partial charge >= 0.3 is 0 Å². The Morgan fingerprint density at radius 2 is 1.33 bits per heavy atom. The molecule has 1 aliphatic rings. The quantitative estimate of drug-likeness (QED) is 0.494. The molecule has 1 aliphatic heterocycles. The Bertz CT molecular complexity index is 208. The van der Waals surface area contributed by atoms with Crippen LogP contribution in [0.4, 0.5) is 0 Å². The zero-order valence-electron chi connectivity index (χ0n) is 14.8. The van der Waals surface area contributed by atoms with E-state index in [1.807, 2.05) is 4.90 Å². The van der Waals surface area contributed by atoms with Crippen molar-refractivity contribution in [2.75, 3.05) is 13.1 Å². The molecule has 1 saturated heterocycles. The number of nitrogens with one attached hydrogen (secondary N) is 1. The van der Waals surface area contributed by atoms with Crippen LogP contribution in [0.25, 0.3) is 0 Å². The maximum Gasteiger partial charge on any atom is 0.0876 e. The number of hydrogen-bond donors (Lipinski definition) is 1.